The highest BCUT2D eigenvalue weighted by Crippen LogP contribution is 2.25. The molecule has 0 radical (unpaired) electrons. The fourth-order valence-corrected chi connectivity index (χ4v) is 6.02. The van der Waals surface area contributed by atoms with Crippen molar-refractivity contribution < 1.29 is 17.9 Å². The molecule has 154 valence electrons. The number of hydrogen-bond donors (Lipinski definition) is 0. The number of amides is 1. The van der Waals surface area contributed by atoms with Crippen molar-refractivity contribution in [2.45, 2.75) is 42.7 Å². The van der Waals surface area contributed by atoms with E-state index in [1.54, 1.807) is 28.6 Å². The number of rotatable bonds is 4. The highest BCUT2D eigenvalue weighted by atomic mass is 32.2. The molecule has 3 aliphatic rings. The average molecular weight is 408 g/mol. The smallest absolute Gasteiger partial charge is 0.243 e. The number of nitrogens with zero attached hydrogens (tertiary/aromatic N) is 3. The van der Waals surface area contributed by atoms with E-state index in [9.17, 15) is 13.2 Å². The van der Waals surface area contributed by atoms with Gasteiger partial charge in [0.15, 0.2) is 0 Å². The maximum Gasteiger partial charge on any atom is 0.243 e. The summed E-state index contributed by atoms with van der Waals surface area (Å²) in [4.78, 5) is 17.7. The van der Waals surface area contributed by atoms with Gasteiger partial charge in [-0.15, -0.1) is 0 Å². The number of hydrogen-bond acceptors (Lipinski definition) is 5. The first-order chi connectivity index (χ1) is 13.6. The molecule has 28 heavy (non-hydrogen) atoms. The van der Waals surface area contributed by atoms with Gasteiger partial charge in [-0.1, -0.05) is 18.2 Å². The van der Waals surface area contributed by atoms with Crippen LogP contribution in [0.15, 0.2) is 35.2 Å². The molecule has 0 N–H and O–H groups in total. The molecule has 0 spiro atoms. The van der Waals surface area contributed by atoms with Gasteiger partial charge in [0.2, 0.25) is 15.9 Å². The lowest BCUT2D eigenvalue weighted by Gasteiger charge is -2.45. The van der Waals surface area contributed by atoms with Crippen molar-refractivity contribution in [3.63, 3.8) is 0 Å². The molecule has 1 aromatic rings. The van der Waals surface area contributed by atoms with E-state index in [0.29, 0.717) is 37.1 Å². The molecule has 3 fully saturated rings. The second-order valence-electron chi connectivity index (χ2n) is 7.79. The first kappa shape index (κ1) is 19.8. The van der Waals surface area contributed by atoms with E-state index < -0.39 is 10.0 Å². The zero-order valence-corrected chi connectivity index (χ0v) is 17.0. The third-order valence-corrected chi connectivity index (χ3v) is 8.08. The minimum atomic E-state index is -3.46. The predicted molar refractivity (Wildman–Crippen MR) is 105 cm³/mol. The normalized spacial score (nSPS) is 26.5. The number of benzene rings is 1. The Hall–Kier alpha value is -1.48. The Labute approximate surface area is 167 Å². The van der Waals surface area contributed by atoms with E-state index in [1.807, 2.05) is 6.07 Å². The molecule has 3 heterocycles. The second-order valence-corrected chi connectivity index (χ2v) is 9.72. The molecule has 8 heteroatoms. The molecule has 0 saturated carbocycles. The average Bonchev–Trinajstić information content (AvgIpc) is 2.75. The summed E-state index contributed by atoms with van der Waals surface area (Å²) >= 11 is 0. The van der Waals surface area contributed by atoms with E-state index in [1.165, 1.54) is 0 Å². The van der Waals surface area contributed by atoms with Crippen LogP contribution in [0.5, 0.6) is 0 Å². The van der Waals surface area contributed by atoms with Gasteiger partial charge < -0.3 is 9.64 Å². The summed E-state index contributed by atoms with van der Waals surface area (Å²) < 4.78 is 32.6. The molecule has 3 aliphatic heterocycles. The monoisotopic (exact) mass is 407 g/mol. The fraction of sp³-hybridized carbons (Fsp3) is 0.650. The Morgan fingerprint density at radius 3 is 2.25 bits per heavy atom. The van der Waals surface area contributed by atoms with Crippen molar-refractivity contribution in [1.82, 2.24) is 14.1 Å². The van der Waals surface area contributed by atoms with E-state index in [-0.39, 0.29) is 11.9 Å². The Balaban J connectivity index is 1.38. The first-order valence-corrected chi connectivity index (χ1v) is 11.7. The summed E-state index contributed by atoms with van der Waals surface area (Å²) in [5, 5.41) is 0. The van der Waals surface area contributed by atoms with Crippen LogP contribution in [0.1, 0.15) is 25.7 Å². The van der Waals surface area contributed by atoms with E-state index in [2.05, 4.69) is 9.80 Å². The lowest BCUT2D eigenvalue weighted by molar-refractivity contribution is -0.145. The van der Waals surface area contributed by atoms with Gasteiger partial charge in [-0.3, -0.25) is 9.69 Å². The molecule has 1 amide bonds. The van der Waals surface area contributed by atoms with Crippen molar-refractivity contribution in [3.8, 4) is 0 Å². The third kappa shape index (κ3) is 3.96. The maximum absolute atomic E-state index is 13.1. The van der Waals surface area contributed by atoms with Gasteiger partial charge in [-0.2, -0.15) is 4.31 Å². The molecular weight excluding hydrogens is 378 g/mol. The van der Waals surface area contributed by atoms with E-state index in [0.717, 1.165) is 45.4 Å². The van der Waals surface area contributed by atoms with Gasteiger partial charge >= 0.3 is 0 Å². The van der Waals surface area contributed by atoms with Gasteiger partial charge in [0.1, 0.15) is 0 Å². The van der Waals surface area contributed by atoms with E-state index in [4.69, 9.17) is 4.74 Å². The summed E-state index contributed by atoms with van der Waals surface area (Å²) in [6, 6.07) is 8.76. The molecule has 0 aliphatic carbocycles. The minimum Gasteiger partial charge on any atom is -0.381 e. The van der Waals surface area contributed by atoms with Crippen LogP contribution in [0.25, 0.3) is 0 Å². The van der Waals surface area contributed by atoms with Crippen LogP contribution < -0.4 is 0 Å². The van der Waals surface area contributed by atoms with Gasteiger partial charge in [0.05, 0.1) is 10.9 Å². The highest BCUT2D eigenvalue weighted by molar-refractivity contribution is 7.89. The molecule has 0 aromatic heterocycles. The summed E-state index contributed by atoms with van der Waals surface area (Å²) in [5.74, 6) is 0.220. The summed E-state index contributed by atoms with van der Waals surface area (Å²) in [6.45, 7) is 4.36. The van der Waals surface area contributed by atoms with Crippen LogP contribution in [0, 0.1) is 0 Å². The number of piperidine rings is 1. The van der Waals surface area contributed by atoms with Crippen molar-refractivity contribution in [3.05, 3.63) is 30.3 Å². The predicted octanol–water partition coefficient (Wildman–Crippen LogP) is 1.16. The van der Waals surface area contributed by atoms with Crippen LogP contribution in [-0.2, 0) is 19.6 Å². The number of carbonyl (C=O) groups is 1. The first-order valence-electron chi connectivity index (χ1n) is 10.2. The molecule has 1 unspecified atom stereocenters. The Morgan fingerprint density at radius 2 is 1.57 bits per heavy atom. The van der Waals surface area contributed by atoms with Gasteiger partial charge in [0.25, 0.3) is 0 Å². The summed E-state index contributed by atoms with van der Waals surface area (Å²) in [6.07, 6.45) is 3.71. The van der Waals surface area contributed by atoms with Crippen molar-refractivity contribution in [1.29, 1.82) is 0 Å². The molecule has 1 aromatic carbocycles. The van der Waals surface area contributed by atoms with Gasteiger partial charge in [-0.25, -0.2) is 8.42 Å². The van der Waals surface area contributed by atoms with Crippen LogP contribution in [-0.4, -0.2) is 86.5 Å². The fourth-order valence-electron chi connectivity index (χ4n) is 4.58. The molecule has 3 saturated heterocycles. The lowest BCUT2D eigenvalue weighted by atomic mass is 9.97. The minimum absolute atomic E-state index is 0.113. The quantitative estimate of drug-likeness (QED) is 0.749. The number of ether oxygens (including phenoxy) is 1. The number of likely N-dealkylation sites (tertiary alicyclic amines) is 1. The third-order valence-electron chi connectivity index (χ3n) is 6.17. The number of carbonyl (C=O) groups excluding carboxylic acids is 1. The lowest BCUT2D eigenvalue weighted by Crippen LogP contribution is -2.60. The van der Waals surface area contributed by atoms with Gasteiger partial charge in [-0.05, 0) is 37.8 Å². The van der Waals surface area contributed by atoms with Crippen LogP contribution in [0.4, 0.5) is 0 Å². The maximum atomic E-state index is 13.1. The second kappa shape index (κ2) is 8.49. The molecule has 1 atom stereocenters. The summed E-state index contributed by atoms with van der Waals surface area (Å²) in [7, 11) is -3.46. The SMILES string of the molecule is O=C1C(N2CCN(S(=O)(=O)c3ccccc3)CC2)CCCN1C1CCOCC1. The Morgan fingerprint density at radius 1 is 0.893 bits per heavy atom. The summed E-state index contributed by atoms with van der Waals surface area (Å²) in [5.41, 5.74) is 0. The van der Waals surface area contributed by atoms with E-state index >= 15 is 0 Å². The van der Waals surface area contributed by atoms with Crippen LogP contribution in [0.2, 0.25) is 0 Å². The number of piperazine rings is 1. The molecule has 0 bridgehead atoms. The van der Waals surface area contributed by atoms with Crippen LogP contribution >= 0.6 is 0 Å². The highest BCUT2D eigenvalue weighted by Gasteiger charge is 2.39. The van der Waals surface area contributed by atoms with Crippen LogP contribution in [0.3, 0.4) is 0 Å². The zero-order chi connectivity index (χ0) is 19.6. The Kier molecular flexibility index (Phi) is 6.01. The Bertz CT molecular complexity index is 772. The van der Waals surface area contributed by atoms with Crippen molar-refractivity contribution in [2.24, 2.45) is 0 Å². The standard InChI is InChI=1S/C20H29N3O4S/c24-20-19(7-4-10-23(20)17-8-15-27-16-9-17)21-11-13-22(14-12-21)28(25,26)18-5-2-1-3-6-18/h1-3,5-6,17,19H,4,7-16H2. The van der Waals surface area contributed by atoms with Crippen molar-refractivity contribution >= 4 is 15.9 Å². The molecule has 7 nitrogen and oxygen atoms in total. The number of sulfonamides is 1. The topological polar surface area (TPSA) is 70.2 Å². The molecule has 4 rings (SSSR count). The molecular formula is C20H29N3O4S. The van der Waals surface area contributed by atoms with Crippen molar-refractivity contribution in [2.75, 3.05) is 45.9 Å². The largest absolute Gasteiger partial charge is 0.381 e. The zero-order valence-electron chi connectivity index (χ0n) is 16.2. The van der Waals surface area contributed by atoms with Gasteiger partial charge in [0, 0.05) is 52.0 Å².